The molecule has 4 rings (SSSR count). The number of hydrogen-bond acceptors (Lipinski definition) is 1. The van der Waals surface area contributed by atoms with Crippen LogP contribution in [0.15, 0.2) is 72.8 Å². The standard InChI is InChI=1S/C23H21NS/c1-16-4-9-19(10-5-16)21-13-14-22(20-11-6-17(2)7-12-20)24(21)23-15-8-18(3)25-23/h4-15H,1-3H3. The molecule has 0 saturated heterocycles. The van der Waals surface area contributed by atoms with Gasteiger partial charge in [-0.05, 0) is 56.2 Å². The minimum atomic E-state index is 1.23. The van der Waals surface area contributed by atoms with Crippen LogP contribution in [0.4, 0.5) is 0 Å². The zero-order chi connectivity index (χ0) is 17.4. The molecule has 0 aliphatic rings. The van der Waals surface area contributed by atoms with Crippen LogP contribution in [0, 0.1) is 20.8 Å². The molecule has 25 heavy (non-hydrogen) atoms. The average Bonchev–Trinajstić information content (AvgIpc) is 3.22. The Morgan fingerprint density at radius 2 is 1.04 bits per heavy atom. The fraction of sp³-hybridized carbons (Fsp3) is 0.130. The largest absolute Gasteiger partial charge is 0.301 e. The Balaban J connectivity index is 1.93. The van der Waals surface area contributed by atoms with Gasteiger partial charge in [0, 0.05) is 4.88 Å². The summed E-state index contributed by atoms with van der Waals surface area (Å²) in [5.74, 6) is 0. The monoisotopic (exact) mass is 343 g/mol. The summed E-state index contributed by atoms with van der Waals surface area (Å²) < 4.78 is 2.38. The summed E-state index contributed by atoms with van der Waals surface area (Å²) in [6, 6.07) is 26.4. The molecule has 2 heteroatoms. The zero-order valence-corrected chi connectivity index (χ0v) is 15.6. The van der Waals surface area contributed by atoms with Crippen molar-refractivity contribution in [2.45, 2.75) is 20.8 Å². The van der Waals surface area contributed by atoms with Crippen LogP contribution in [0.2, 0.25) is 0 Å². The normalized spacial score (nSPS) is 11.0. The van der Waals surface area contributed by atoms with Crippen LogP contribution >= 0.6 is 11.3 Å². The Labute approximate surface area is 153 Å². The quantitative estimate of drug-likeness (QED) is 0.385. The molecule has 0 saturated carbocycles. The third-order valence-electron chi connectivity index (χ3n) is 4.52. The van der Waals surface area contributed by atoms with E-state index in [-0.39, 0.29) is 0 Å². The molecule has 0 aliphatic heterocycles. The van der Waals surface area contributed by atoms with Crippen molar-refractivity contribution in [1.82, 2.24) is 4.57 Å². The smallest absolute Gasteiger partial charge is 0.100 e. The van der Waals surface area contributed by atoms with Crippen LogP contribution in [0.3, 0.4) is 0 Å². The van der Waals surface area contributed by atoms with E-state index in [0.29, 0.717) is 0 Å². The van der Waals surface area contributed by atoms with Gasteiger partial charge < -0.3 is 4.57 Å². The summed E-state index contributed by atoms with van der Waals surface area (Å²) in [5.41, 5.74) is 7.53. The summed E-state index contributed by atoms with van der Waals surface area (Å²) in [6.07, 6.45) is 0. The highest BCUT2D eigenvalue weighted by molar-refractivity contribution is 7.14. The van der Waals surface area contributed by atoms with Crippen molar-refractivity contribution >= 4 is 11.3 Å². The molecule has 1 nitrogen and oxygen atoms in total. The molecule has 0 amide bonds. The molecule has 0 radical (unpaired) electrons. The molecular weight excluding hydrogens is 322 g/mol. The molecule has 0 atom stereocenters. The highest BCUT2D eigenvalue weighted by atomic mass is 32.1. The minimum Gasteiger partial charge on any atom is -0.301 e. The van der Waals surface area contributed by atoms with Crippen LogP contribution in [0.25, 0.3) is 27.5 Å². The SMILES string of the molecule is Cc1ccc(-c2ccc(-c3ccc(C)cc3)n2-c2ccc(C)s2)cc1. The Morgan fingerprint density at radius 1 is 0.560 bits per heavy atom. The van der Waals surface area contributed by atoms with Crippen molar-refractivity contribution in [3.63, 3.8) is 0 Å². The number of hydrogen-bond donors (Lipinski definition) is 0. The highest BCUT2D eigenvalue weighted by Crippen LogP contribution is 2.35. The molecule has 0 unspecified atom stereocenters. The molecule has 2 aromatic heterocycles. The first-order valence-electron chi connectivity index (χ1n) is 8.54. The predicted octanol–water partition coefficient (Wildman–Crippen LogP) is 6.80. The van der Waals surface area contributed by atoms with E-state index in [0.717, 1.165) is 0 Å². The van der Waals surface area contributed by atoms with Crippen LogP contribution in [0.5, 0.6) is 0 Å². The van der Waals surface area contributed by atoms with Crippen molar-refractivity contribution in [2.75, 3.05) is 0 Å². The van der Waals surface area contributed by atoms with Gasteiger partial charge in [0.2, 0.25) is 0 Å². The van der Waals surface area contributed by atoms with Gasteiger partial charge in [-0.3, -0.25) is 0 Å². The Bertz CT molecular complexity index is 938. The molecule has 2 aromatic carbocycles. The van der Waals surface area contributed by atoms with Gasteiger partial charge in [0.15, 0.2) is 0 Å². The van der Waals surface area contributed by atoms with Gasteiger partial charge in [0.25, 0.3) is 0 Å². The van der Waals surface area contributed by atoms with Gasteiger partial charge in [-0.2, -0.15) is 0 Å². The molecule has 0 spiro atoms. The molecule has 0 N–H and O–H groups in total. The maximum absolute atomic E-state index is 2.38. The van der Waals surface area contributed by atoms with Crippen molar-refractivity contribution in [1.29, 1.82) is 0 Å². The van der Waals surface area contributed by atoms with E-state index in [1.54, 1.807) is 0 Å². The number of nitrogens with zero attached hydrogens (tertiary/aromatic N) is 1. The second kappa shape index (κ2) is 6.38. The molecular formula is C23H21NS. The molecule has 124 valence electrons. The van der Waals surface area contributed by atoms with E-state index in [1.165, 1.54) is 43.5 Å². The second-order valence-electron chi connectivity index (χ2n) is 6.56. The van der Waals surface area contributed by atoms with E-state index in [2.05, 4.69) is 98.1 Å². The third kappa shape index (κ3) is 3.06. The molecule has 0 fully saturated rings. The molecule has 2 heterocycles. The summed E-state index contributed by atoms with van der Waals surface area (Å²) in [4.78, 5) is 1.33. The van der Waals surface area contributed by atoms with Crippen molar-refractivity contribution in [3.05, 3.63) is 88.8 Å². The molecule has 0 bridgehead atoms. The summed E-state index contributed by atoms with van der Waals surface area (Å²) in [6.45, 7) is 6.42. The summed E-state index contributed by atoms with van der Waals surface area (Å²) in [5, 5.41) is 1.26. The van der Waals surface area contributed by atoms with Crippen LogP contribution in [0.1, 0.15) is 16.0 Å². The Kier molecular flexibility index (Phi) is 4.06. The Morgan fingerprint density at radius 3 is 1.44 bits per heavy atom. The van der Waals surface area contributed by atoms with Crippen molar-refractivity contribution < 1.29 is 0 Å². The van der Waals surface area contributed by atoms with E-state index in [1.807, 2.05) is 11.3 Å². The summed E-state index contributed by atoms with van der Waals surface area (Å²) in [7, 11) is 0. The fourth-order valence-corrected chi connectivity index (χ4v) is 4.01. The predicted molar refractivity (Wildman–Crippen MR) is 109 cm³/mol. The minimum absolute atomic E-state index is 1.23. The van der Waals surface area contributed by atoms with Gasteiger partial charge in [0.1, 0.15) is 5.00 Å². The van der Waals surface area contributed by atoms with E-state index < -0.39 is 0 Å². The van der Waals surface area contributed by atoms with Gasteiger partial charge in [-0.15, -0.1) is 11.3 Å². The van der Waals surface area contributed by atoms with Crippen molar-refractivity contribution in [2.24, 2.45) is 0 Å². The Hall–Kier alpha value is -2.58. The lowest BCUT2D eigenvalue weighted by molar-refractivity contribution is 1.13. The lowest BCUT2D eigenvalue weighted by Gasteiger charge is -2.13. The van der Waals surface area contributed by atoms with E-state index >= 15 is 0 Å². The van der Waals surface area contributed by atoms with E-state index in [9.17, 15) is 0 Å². The first-order chi connectivity index (χ1) is 12.1. The van der Waals surface area contributed by atoms with Crippen LogP contribution < -0.4 is 0 Å². The topological polar surface area (TPSA) is 4.93 Å². The van der Waals surface area contributed by atoms with Gasteiger partial charge in [-0.25, -0.2) is 0 Å². The maximum atomic E-state index is 2.38. The van der Waals surface area contributed by atoms with Crippen LogP contribution in [-0.2, 0) is 0 Å². The number of aromatic nitrogens is 1. The first kappa shape index (κ1) is 15.9. The third-order valence-corrected chi connectivity index (χ3v) is 5.51. The van der Waals surface area contributed by atoms with Crippen LogP contribution in [-0.4, -0.2) is 4.57 Å². The number of rotatable bonds is 3. The zero-order valence-electron chi connectivity index (χ0n) is 14.8. The first-order valence-corrected chi connectivity index (χ1v) is 9.36. The average molecular weight is 343 g/mol. The van der Waals surface area contributed by atoms with Crippen molar-refractivity contribution in [3.8, 4) is 27.5 Å². The molecule has 4 aromatic rings. The van der Waals surface area contributed by atoms with Gasteiger partial charge >= 0.3 is 0 Å². The van der Waals surface area contributed by atoms with Gasteiger partial charge in [-0.1, -0.05) is 59.7 Å². The number of benzene rings is 2. The second-order valence-corrected chi connectivity index (χ2v) is 7.82. The lowest BCUT2D eigenvalue weighted by Crippen LogP contribution is -1.97. The fourth-order valence-electron chi connectivity index (χ4n) is 3.12. The lowest BCUT2D eigenvalue weighted by atomic mass is 10.1. The molecule has 0 aliphatic carbocycles. The maximum Gasteiger partial charge on any atom is 0.100 e. The summed E-state index contributed by atoms with van der Waals surface area (Å²) >= 11 is 1.83. The van der Waals surface area contributed by atoms with Gasteiger partial charge in [0.05, 0.1) is 11.4 Å². The van der Waals surface area contributed by atoms with E-state index in [4.69, 9.17) is 0 Å². The highest BCUT2D eigenvalue weighted by Gasteiger charge is 2.14. The number of aryl methyl sites for hydroxylation is 3. The number of thiophene rings is 1.